The summed E-state index contributed by atoms with van der Waals surface area (Å²) in [5.74, 6) is 2.41. The van der Waals surface area contributed by atoms with Gasteiger partial charge in [-0.25, -0.2) is 4.79 Å². The molecule has 0 unspecified atom stereocenters. The Balaban J connectivity index is 3.09. The van der Waals surface area contributed by atoms with Crippen LogP contribution in [0.4, 0.5) is 0 Å². The highest BCUT2D eigenvalue weighted by Gasteiger charge is 1.96. The van der Waals surface area contributed by atoms with Gasteiger partial charge in [0.05, 0.1) is 6.61 Å². The van der Waals surface area contributed by atoms with Crippen molar-refractivity contribution < 1.29 is 9.53 Å². The van der Waals surface area contributed by atoms with Crippen LogP contribution in [0.1, 0.15) is 51.4 Å². The molecule has 0 heterocycles. The number of hydrogen-bond acceptors (Lipinski definition) is 2. The Bertz CT molecular complexity index is 253. The van der Waals surface area contributed by atoms with Crippen molar-refractivity contribution in [1.82, 2.24) is 0 Å². The van der Waals surface area contributed by atoms with E-state index in [0.717, 1.165) is 25.7 Å². The van der Waals surface area contributed by atoms with Gasteiger partial charge in [0.25, 0.3) is 0 Å². The van der Waals surface area contributed by atoms with Gasteiger partial charge in [-0.05, 0) is 16.9 Å². The van der Waals surface area contributed by atoms with Crippen molar-refractivity contribution in [2.75, 3.05) is 6.61 Å². The summed E-state index contributed by atoms with van der Waals surface area (Å²) in [6.45, 7) is 0.539. The Morgan fingerprint density at radius 3 is 2.29 bits per heavy atom. The summed E-state index contributed by atoms with van der Waals surface area (Å²) in [7, 11) is 0. The molecule has 0 radical (unpaired) electrons. The molecular weight excluding hydrogens is 327 g/mol. The minimum Gasteiger partial charge on any atom is -0.463 e. The monoisotopic (exact) mass is 348 g/mol. The van der Waals surface area contributed by atoms with Gasteiger partial charge in [-0.2, -0.15) is 0 Å². The van der Waals surface area contributed by atoms with E-state index in [1.807, 2.05) is 22.6 Å². The minimum atomic E-state index is -0.242. The maximum atomic E-state index is 10.9. The molecule has 0 saturated carbocycles. The summed E-state index contributed by atoms with van der Waals surface area (Å²) in [6.07, 6.45) is 15.7. The highest BCUT2D eigenvalue weighted by molar-refractivity contribution is 14.1. The topological polar surface area (TPSA) is 26.3 Å². The van der Waals surface area contributed by atoms with Crippen molar-refractivity contribution in [3.8, 4) is 12.3 Å². The quantitative estimate of drug-likeness (QED) is 0.194. The van der Waals surface area contributed by atoms with Gasteiger partial charge >= 0.3 is 5.97 Å². The minimum absolute atomic E-state index is 0.242. The molecule has 0 aromatic carbocycles. The van der Waals surface area contributed by atoms with Gasteiger partial charge in [0, 0.05) is 12.5 Å². The van der Waals surface area contributed by atoms with Crippen LogP contribution in [-0.2, 0) is 9.53 Å². The first kappa shape index (κ1) is 16.5. The molecular formula is C14H21IO2. The molecule has 0 aliphatic heterocycles. The van der Waals surface area contributed by atoms with Crippen LogP contribution in [0.15, 0.2) is 10.2 Å². The number of ether oxygens (including phenoxy) is 1. The lowest BCUT2D eigenvalue weighted by atomic mass is 10.1. The molecule has 3 heteroatoms. The summed E-state index contributed by atoms with van der Waals surface area (Å²) in [6, 6.07) is 0. The molecule has 0 amide bonds. The first-order valence-electron chi connectivity index (χ1n) is 6.18. The molecule has 0 N–H and O–H groups in total. The number of rotatable bonds is 10. The van der Waals surface area contributed by atoms with Crippen LogP contribution in [0.25, 0.3) is 0 Å². The average Bonchev–Trinajstić information content (AvgIpc) is 2.32. The maximum absolute atomic E-state index is 10.9. The third-order valence-corrected chi connectivity index (χ3v) is 2.77. The van der Waals surface area contributed by atoms with Crippen LogP contribution in [0.3, 0.4) is 0 Å². The zero-order valence-electron chi connectivity index (χ0n) is 10.3. The Hall–Kier alpha value is -0.500. The largest absolute Gasteiger partial charge is 0.463 e. The summed E-state index contributed by atoms with van der Waals surface area (Å²) in [5.41, 5.74) is 0. The molecule has 0 spiro atoms. The zero-order chi connectivity index (χ0) is 12.8. The summed E-state index contributed by atoms with van der Waals surface area (Å²) in [5, 5.41) is 0. The van der Waals surface area contributed by atoms with Crippen LogP contribution >= 0.6 is 22.6 Å². The van der Waals surface area contributed by atoms with E-state index in [1.165, 1.54) is 31.8 Å². The van der Waals surface area contributed by atoms with E-state index in [9.17, 15) is 4.79 Å². The number of esters is 1. The van der Waals surface area contributed by atoms with Crippen molar-refractivity contribution in [1.29, 1.82) is 0 Å². The predicted octanol–water partition coefficient (Wildman–Crippen LogP) is 4.23. The standard InChI is InChI=1S/C14H21IO2/c1-2-3-4-5-6-7-8-9-10-13-17-14(16)11-12-15/h1,11-12H,3-10,13H2/b12-11-. The molecule has 0 bridgehead atoms. The molecule has 17 heavy (non-hydrogen) atoms. The number of unbranched alkanes of at least 4 members (excludes halogenated alkanes) is 7. The fourth-order valence-electron chi connectivity index (χ4n) is 1.49. The molecule has 2 nitrogen and oxygen atoms in total. The number of carbonyl (C=O) groups excluding carboxylic acids is 1. The van der Waals surface area contributed by atoms with Gasteiger partial charge in [-0.1, -0.05) is 54.7 Å². The Labute approximate surface area is 118 Å². The predicted molar refractivity (Wildman–Crippen MR) is 79.9 cm³/mol. The molecule has 0 aliphatic rings. The van der Waals surface area contributed by atoms with Crippen LogP contribution in [0, 0.1) is 12.3 Å². The Morgan fingerprint density at radius 1 is 1.12 bits per heavy atom. The first-order chi connectivity index (χ1) is 8.31. The van der Waals surface area contributed by atoms with Crippen LogP contribution in [-0.4, -0.2) is 12.6 Å². The van der Waals surface area contributed by atoms with Gasteiger partial charge in [0.1, 0.15) is 0 Å². The van der Waals surface area contributed by atoms with E-state index in [-0.39, 0.29) is 5.97 Å². The molecule has 0 aromatic rings. The van der Waals surface area contributed by atoms with Crippen LogP contribution < -0.4 is 0 Å². The highest BCUT2D eigenvalue weighted by atomic mass is 127. The Morgan fingerprint density at radius 2 is 1.71 bits per heavy atom. The Kier molecular flexibility index (Phi) is 13.2. The van der Waals surface area contributed by atoms with E-state index in [4.69, 9.17) is 11.2 Å². The van der Waals surface area contributed by atoms with Crippen molar-refractivity contribution in [3.63, 3.8) is 0 Å². The molecule has 0 rings (SSSR count). The molecule has 0 atom stereocenters. The third-order valence-electron chi connectivity index (χ3n) is 2.41. The lowest BCUT2D eigenvalue weighted by molar-refractivity contribution is -0.137. The summed E-state index contributed by atoms with van der Waals surface area (Å²) in [4.78, 5) is 10.9. The fraction of sp³-hybridized carbons (Fsp3) is 0.643. The van der Waals surface area contributed by atoms with Crippen molar-refractivity contribution in [3.05, 3.63) is 10.2 Å². The zero-order valence-corrected chi connectivity index (χ0v) is 12.4. The van der Waals surface area contributed by atoms with E-state index in [2.05, 4.69) is 5.92 Å². The van der Waals surface area contributed by atoms with Gasteiger partial charge in [0.2, 0.25) is 0 Å². The first-order valence-corrected chi connectivity index (χ1v) is 7.43. The smallest absolute Gasteiger partial charge is 0.331 e. The van der Waals surface area contributed by atoms with E-state index in [0.29, 0.717) is 6.61 Å². The molecule has 0 saturated heterocycles. The summed E-state index contributed by atoms with van der Waals surface area (Å²) >= 11 is 2.00. The second-order valence-corrected chi connectivity index (χ2v) is 4.61. The third kappa shape index (κ3) is 13.4. The normalized spacial score (nSPS) is 10.4. The number of halogens is 1. The van der Waals surface area contributed by atoms with E-state index < -0.39 is 0 Å². The number of terminal acetylenes is 1. The van der Waals surface area contributed by atoms with Gasteiger partial charge in [-0.3, -0.25) is 0 Å². The highest BCUT2D eigenvalue weighted by Crippen LogP contribution is 2.08. The van der Waals surface area contributed by atoms with Crippen LogP contribution in [0.2, 0.25) is 0 Å². The van der Waals surface area contributed by atoms with Gasteiger partial charge in [-0.15, -0.1) is 12.3 Å². The van der Waals surface area contributed by atoms with Gasteiger partial charge < -0.3 is 4.74 Å². The number of hydrogen-bond donors (Lipinski definition) is 0. The second-order valence-electron chi connectivity index (χ2n) is 3.89. The van der Waals surface area contributed by atoms with Crippen molar-refractivity contribution >= 4 is 28.6 Å². The second kappa shape index (κ2) is 13.6. The molecule has 96 valence electrons. The van der Waals surface area contributed by atoms with Crippen LogP contribution in [0.5, 0.6) is 0 Å². The lowest BCUT2D eigenvalue weighted by Crippen LogP contribution is -2.01. The molecule has 0 aliphatic carbocycles. The van der Waals surface area contributed by atoms with Gasteiger partial charge in [0.15, 0.2) is 0 Å². The van der Waals surface area contributed by atoms with Crippen molar-refractivity contribution in [2.45, 2.75) is 51.4 Å². The maximum Gasteiger partial charge on any atom is 0.331 e. The van der Waals surface area contributed by atoms with E-state index >= 15 is 0 Å². The lowest BCUT2D eigenvalue weighted by Gasteiger charge is -2.02. The average molecular weight is 348 g/mol. The SMILES string of the molecule is C#CCCCCCCCCCOC(=O)/C=C\I. The molecule has 0 aromatic heterocycles. The van der Waals surface area contributed by atoms with Crippen molar-refractivity contribution in [2.24, 2.45) is 0 Å². The number of carbonyl (C=O) groups is 1. The fourth-order valence-corrected chi connectivity index (χ4v) is 1.78. The van der Waals surface area contributed by atoms with E-state index in [1.54, 1.807) is 4.08 Å². The summed E-state index contributed by atoms with van der Waals surface area (Å²) < 4.78 is 6.65. The molecule has 0 fully saturated rings.